The molecule has 2 aromatic carbocycles. The maximum Gasteiger partial charge on any atom is 0.323 e. The van der Waals surface area contributed by atoms with Crippen LogP contribution in [-0.4, -0.2) is 54.8 Å². The van der Waals surface area contributed by atoms with E-state index >= 15 is 0 Å². The third-order valence-electron chi connectivity index (χ3n) is 6.16. The highest BCUT2D eigenvalue weighted by molar-refractivity contribution is 5.88. The summed E-state index contributed by atoms with van der Waals surface area (Å²) in [4.78, 5) is 22.7. The number of carbonyl (C=O) groups is 1. The Morgan fingerprint density at radius 3 is 2.67 bits per heavy atom. The topological polar surface area (TPSA) is 85.8 Å². The number of carbonyl (C=O) groups excluding carboxylic acids is 1. The van der Waals surface area contributed by atoms with Crippen LogP contribution >= 0.6 is 0 Å². The summed E-state index contributed by atoms with van der Waals surface area (Å²) >= 11 is 0. The highest BCUT2D eigenvalue weighted by Gasteiger charge is 2.24. The fraction of sp³-hybridized carbons (Fsp3) is 0.321. The number of hydrogen-bond donors (Lipinski definition) is 1. The minimum absolute atomic E-state index is 0.174. The first kappa shape index (κ1) is 25.0. The number of likely N-dealkylation sites (tertiary alicyclic amines) is 1. The standard InChI is InChI=1S/C28H32N4O4/c1-20-19-32(28(33)31-26-17-30-27(35-3)18-29-26)12-10-23(20)14-22-7-5-9-25(16-22)36-13-11-21-6-4-8-24(15-21)34-2/h4-9,14-18,20H,10-13,19H2,1-3H3,(H,29,31,33). The van der Waals surface area contributed by atoms with Gasteiger partial charge in [0.25, 0.3) is 0 Å². The second-order valence-electron chi connectivity index (χ2n) is 8.71. The van der Waals surface area contributed by atoms with Gasteiger partial charge in [-0.15, -0.1) is 0 Å². The number of nitrogens with one attached hydrogen (secondary N) is 1. The number of benzene rings is 2. The minimum Gasteiger partial charge on any atom is -0.497 e. The van der Waals surface area contributed by atoms with Crippen molar-refractivity contribution >= 4 is 17.9 Å². The lowest BCUT2D eigenvalue weighted by Crippen LogP contribution is -2.42. The van der Waals surface area contributed by atoms with Crippen LogP contribution < -0.4 is 19.5 Å². The molecule has 0 bridgehead atoms. The molecular weight excluding hydrogens is 456 g/mol. The number of anilines is 1. The van der Waals surface area contributed by atoms with Crippen LogP contribution in [0.25, 0.3) is 6.08 Å². The van der Waals surface area contributed by atoms with Gasteiger partial charge in [0.2, 0.25) is 5.88 Å². The molecule has 1 aromatic heterocycles. The number of aromatic nitrogens is 2. The van der Waals surface area contributed by atoms with Crippen molar-refractivity contribution in [3.63, 3.8) is 0 Å². The molecule has 1 unspecified atom stereocenters. The van der Waals surface area contributed by atoms with Crippen molar-refractivity contribution in [2.75, 3.05) is 39.2 Å². The van der Waals surface area contributed by atoms with E-state index in [0.29, 0.717) is 31.4 Å². The number of piperidine rings is 1. The number of urea groups is 1. The first-order chi connectivity index (χ1) is 17.5. The smallest absolute Gasteiger partial charge is 0.323 e. The number of nitrogens with zero attached hydrogens (tertiary/aromatic N) is 3. The lowest BCUT2D eigenvalue weighted by atomic mass is 9.91. The van der Waals surface area contributed by atoms with Crippen LogP contribution in [0.1, 0.15) is 24.5 Å². The Bertz CT molecular complexity index is 1200. The van der Waals surface area contributed by atoms with Crippen molar-refractivity contribution in [1.82, 2.24) is 14.9 Å². The van der Waals surface area contributed by atoms with Gasteiger partial charge >= 0.3 is 6.03 Å². The first-order valence-corrected chi connectivity index (χ1v) is 12.0. The molecule has 0 aliphatic carbocycles. The van der Waals surface area contributed by atoms with E-state index in [1.54, 1.807) is 7.11 Å². The van der Waals surface area contributed by atoms with Gasteiger partial charge < -0.3 is 19.1 Å². The van der Waals surface area contributed by atoms with Gasteiger partial charge in [-0.25, -0.2) is 14.8 Å². The van der Waals surface area contributed by atoms with Gasteiger partial charge in [-0.05, 0) is 47.7 Å². The third-order valence-corrected chi connectivity index (χ3v) is 6.16. The SMILES string of the molecule is COc1cccc(CCOc2cccc(C=C3CCN(C(=O)Nc4cnc(OC)cn4)CC3C)c2)c1. The van der Waals surface area contributed by atoms with Crippen molar-refractivity contribution in [3.05, 3.63) is 77.6 Å². The molecule has 2 amide bonds. The minimum atomic E-state index is -0.174. The summed E-state index contributed by atoms with van der Waals surface area (Å²) in [7, 11) is 3.20. The van der Waals surface area contributed by atoms with Gasteiger partial charge in [-0.2, -0.15) is 0 Å². The van der Waals surface area contributed by atoms with Crippen LogP contribution in [0, 0.1) is 5.92 Å². The van der Waals surface area contributed by atoms with E-state index < -0.39 is 0 Å². The zero-order valence-electron chi connectivity index (χ0n) is 20.9. The molecule has 3 aromatic rings. The Labute approximate surface area is 211 Å². The van der Waals surface area contributed by atoms with Crippen molar-refractivity contribution in [1.29, 1.82) is 0 Å². The van der Waals surface area contributed by atoms with Crippen molar-refractivity contribution < 1.29 is 19.0 Å². The summed E-state index contributed by atoms with van der Waals surface area (Å²) in [6.07, 6.45) is 6.79. The lowest BCUT2D eigenvalue weighted by Gasteiger charge is -2.33. The number of hydrogen-bond acceptors (Lipinski definition) is 6. The van der Waals surface area contributed by atoms with Gasteiger partial charge in [-0.3, -0.25) is 5.32 Å². The Kier molecular flexibility index (Phi) is 8.39. The lowest BCUT2D eigenvalue weighted by molar-refractivity contribution is 0.197. The van der Waals surface area contributed by atoms with Crippen LogP contribution in [0.2, 0.25) is 0 Å². The summed E-state index contributed by atoms with van der Waals surface area (Å²) in [5, 5.41) is 2.81. The number of ether oxygens (including phenoxy) is 3. The Balaban J connectivity index is 1.30. The molecule has 2 heterocycles. The van der Waals surface area contributed by atoms with E-state index in [9.17, 15) is 4.79 Å². The molecule has 0 saturated carbocycles. The predicted molar refractivity (Wildman–Crippen MR) is 140 cm³/mol. The molecule has 1 fully saturated rings. The van der Waals surface area contributed by atoms with E-state index in [4.69, 9.17) is 14.2 Å². The van der Waals surface area contributed by atoms with Crippen molar-refractivity contribution in [2.45, 2.75) is 19.8 Å². The molecule has 1 aliphatic rings. The van der Waals surface area contributed by atoms with Crippen LogP contribution in [0.3, 0.4) is 0 Å². The first-order valence-electron chi connectivity index (χ1n) is 12.0. The zero-order valence-corrected chi connectivity index (χ0v) is 20.9. The molecule has 1 saturated heterocycles. The molecule has 4 rings (SSSR count). The highest BCUT2D eigenvalue weighted by atomic mass is 16.5. The fourth-order valence-corrected chi connectivity index (χ4v) is 4.15. The predicted octanol–water partition coefficient (Wildman–Crippen LogP) is 5.07. The maximum absolute atomic E-state index is 12.7. The quantitative estimate of drug-likeness (QED) is 0.476. The number of amides is 2. The molecule has 188 valence electrons. The molecular formula is C28H32N4O4. The van der Waals surface area contributed by atoms with Crippen LogP contribution in [0.5, 0.6) is 17.4 Å². The van der Waals surface area contributed by atoms with E-state index in [1.165, 1.54) is 30.6 Å². The molecule has 1 aliphatic heterocycles. The second-order valence-corrected chi connectivity index (χ2v) is 8.71. The maximum atomic E-state index is 12.7. The Morgan fingerprint density at radius 1 is 1.08 bits per heavy atom. The summed E-state index contributed by atoms with van der Waals surface area (Å²) in [6, 6.07) is 16.0. The normalized spacial score (nSPS) is 16.5. The molecule has 1 atom stereocenters. The Hall–Kier alpha value is -4.07. The average Bonchev–Trinajstić information content (AvgIpc) is 2.90. The van der Waals surface area contributed by atoms with Crippen LogP contribution in [0.4, 0.5) is 10.6 Å². The van der Waals surface area contributed by atoms with E-state index in [2.05, 4.69) is 46.5 Å². The van der Waals surface area contributed by atoms with E-state index in [0.717, 1.165) is 29.9 Å². The van der Waals surface area contributed by atoms with Crippen molar-refractivity contribution in [3.8, 4) is 17.4 Å². The zero-order chi connectivity index (χ0) is 25.3. The largest absolute Gasteiger partial charge is 0.497 e. The summed E-state index contributed by atoms with van der Waals surface area (Å²) in [5.41, 5.74) is 3.59. The Morgan fingerprint density at radius 2 is 1.92 bits per heavy atom. The van der Waals surface area contributed by atoms with Gasteiger partial charge in [0.15, 0.2) is 5.82 Å². The monoisotopic (exact) mass is 488 g/mol. The molecule has 1 N–H and O–H groups in total. The van der Waals surface area contributed by atoms with Gasteiger partial charge in [-0.1, -0.05) is 42.8 Å². The molecule has 0 spiro atoms. The second kappa shape index (κ2) is 12.1. The molecule has 8 heteroatoms. The molecule has 36 heavy (non-hydrogen) atoms. The number of methoxy groups -OCH3 is 2. The highest BCUT2D eigenvalue weighted by Crippen LogP contribution is 2.26. The van der Waals surface area contributed by atoms with E-state index in [1.807, 2.05) is 35.2 Å². The van der Waals surface area contributed by atoms with Crippen LogP contribution in [0.15, 0.2) is 66.5 Å². The van der Waals surface area contributed by atoms with Gasteiger partial charge in [0.1, 0.15) is 11.5 Å². The third kappa shape index (κ3) is 6.75. The average molecular weight is 489 g/mol. The number of rotatable bonds is 8. The fourth-order valence-electron chi connectivity index (χ4n) is 4.15. The summed E-state index contributed by atoms with van der Waals surface area (Å²) in [5.74, 6) is 2.74. The summed E-state index contributed by atoms with van der Waals surface area (Å²) < 4.78 is 16.3. The van der Waals surface area contributed by atoms with Gasteiger partial charge in [0.05, 0.1) is 33.2 Å². The van der Waals surface area contributed by atoms with Crippen LogP contribution in [-0.2, 0) is 6.42 Å². The summed E-state index contributed by atoms with van der Waals surface area (Å²) in [6.45, 7) is 4.01. The molecule has 8 nitrogen and oxygen atoms in total. The van der Waals surface area contributed by atoms with E-state index in [-0.39, 0.29) is 11.9 Å². The van der Waals surface area contributed by atoms with Gasteiger partial charge in [0, 0.05) is 19.5 Å². The molecule has 0 radical (unpaired) electrons. The van der Waals surface area contributed by atoms with Crippen molar-refractivity contribution in [2.24, 2.45) is 5.92 Å².